The van der Waals surface area contributed by atoms with Crippen LogP contribution in [-0.2, 0) is 4.79 Å². The molecule has 2 heterocycles. The number of hydrogen-bond acceptors (Lipinski definition) is 6. The van der Waals surface area contributed by atoms with Crippen molar-refractivity contribution >= 4 is 28.7 Å². The van der Waals surface area contributed by atoms with Gasteiger partial charge in [0.2, 0.25) is 11.8 Å². The molecule has 0 spiro atoms. The molecule has 0 atom stereocenters. The number of pyridine rings is 1. The molecular formula is C23H27N5O4. The lowest BCUT2D eigenvalue weighted by Crippen LogP contribution is -2.34. The molecule has 2 aromatic heterocycles. The molecule has 3 aromatic rings. The number of anilines is 1. The van der Waals surface area contributed by atoms with E-state index in [4.69, 9.17) is 16.2 Å². The van der Waals surface area contributed by atoms with Crippen LogP contribution in [0, 0.1) is 19.3 Å². The van der Waals surface area contributed by atoms with Gasteiger partial charge >= 0.3 is 0 Å². The van der Waals surface area contributed by atoms with Gasteiger partial charge < -0.3 is 26.2 Å². The molecular weight excluding hydrogens is 410 g/mol. The number of phenolic OH excluding ortho intramolecular Hbond substituents is 1. The molecule has 0 aliphatic heterocycles. The van der Waals surface area contributed by atoms with Gasteiger partial charge in [0.1, 0.15) is 18.2 Å². The fourth-order valence-electron chi connectivity index (χ4n) is 4.15. The number of primary amides is 1. The Bertz CT molecular complexity index is 1260. The summed E-state index contributed by atoms with van der Waals surface area (Å²) in [5.74, 6) is -0.104. The van der Waals surface area contributed by atoms with E-state index in [1.807, 2.05) is 6.92 Å². The van der Waals surface area contributed by atoms with E-state index in [1.54, 1.807) is 54.8 Å². The number of ether oxygens (including phenoxy) is 1. The second-order valence-corrected chi connectivity index (χ2v) is 8.62. The Kier molecular flexibility index (Phi) is 4.99. The average Bonchev–Trinajstić information content (AvgIpc) is 3.48. The van der Waals surface area contributed by atoms with E-state index in [1.165, 1.54) is 0 Å². The zero-order valence-electron chi connectivity index (χ0n) is 18.6. The SMILES string of the molecule is Cc1ccc(O)c(C)c1-n1c(N)c(C(N)=O)c2ccc(OCC3(C(=O)N(C)C)CC3)nc21. The molecule has 1 aromatic carbocycles. The number of benzene rings is 1. The minimum Gasteiger partial charge on any atom is -0.508 e. The van der Waals surface area contributed by atoms with E-state index >= 15 is 0 Å². The smallest absolute Gasteiger partial charge is 0.253 e. The largest absolute Gasteiger partial charge is 0.508 e. The van der Waals surface area contributed by atoms with Gasteiger partial charge in [-0.3, -0.25) is 14.2 Å². The van der Waals surface area contributed by atoms with Crippen molar-refractivity contribution in [2.75, 3.05) is 26.4 Å². The number of rotatable bonds is 6. The molecule has 0 bridgehead atoms. The van der Waals surface area contributed by atoms with Crippen molar-refractivity contribution in [3.8, 4) is 17.3 Å². The van der Waals surface area contributed by atoms with Crippen LogP contribution in [0.2, 0.25) is 0 Å². The van der Waals surface area contributed by atoms with Gasteiger partial charge in [-0.2, -0.15) is 4.98 Å². The summed E-state index contributed by atoms with van der Waals surface area (Å²) in [4.78, 5) is 30.8. The van der Waals surface area contributed by atoms with Crippen LogP contribution in [0.1, 0.15) is 34.3 Å². The minimum absolute atomic E-state index is 0.0354. The summed E-state index contributed by atoms with van der Waals surface area (Å²) in [6, 6.07) is 6.68. The van der Waals surface area contributed by atoms with Gasteiger partial charge in [-0.25, -0.2) is 0 Å². The third-order valence-electron chi connectivity index (χ3n) is 6.11. The average molecular weight is 438 g/mol. The van der Waals surface area contributed by atoms with Gasteiger partial charge in [-0.1, -0.05) is 6.07 Å². The first kappa shape index (κ1) is 21.5. The number of amides is 2. The Balaban J connectivity index is 1.83. The molecule has 1 saturated carbocycles. The van der Waals surface area contributed by atoms with Crippen LogP contribution in [0.3, 0.4) is 0 Å². The Morgan fingerprint density at radius 3 is 2.50 bits per heavy atom. The number of nitrogens with zero attached hydrogens (tertiary/aromatic N) is 3. The first-order valence-corrected chi connectivity index (χ1v) is 10.3. The number of nitrogen functional groups attached to an aromatic ring is 1. The zero-order chi connectivity index (χ0) is 23.4. The van der Waals surface area contributed by atoms with Gasteiger partial charge in [-0.05, 0) is 44.4 Å². The summed E-state index contributed by atoms with van der Waals surface area (Å²) in [6.07, 6.45) is 1.53. The van der Waals surface area contributed by atoms with Crippen LogP contribution in [0.15, 0.2) is 24.3 Å². The standard InChI is InChI=1S/C23H27N5O4/c1-12-5-7-15(29)13(2)18(12)28-19(24)17(20(25)30)14-6-8-16(26-21(14)28)32-11-23(9-10-23)22(31)27(3)4/h5-8,29H,9-11,24H2,1-4H3,(H2,25,30). The third kappa shape index (κ3) is 3.30. The molecule has 168 valence electrons. The molecule has 32 heavy (non-hydrogen) atoms. The van der Waals surface area contributed by atoms with Gasteiger partial charge in [-0.15, -0.1) is 0 Å². The van der Waals surface area contributed by atoms with Gasteiger partial charge in [0.05, 0.1) is 16.7 Å². The number of aromatic hydroxyl groups is 1. The van der Waals surface area contributed by atoms with Crippen LogP contribution in [-0.4, -0.2) is 52.1 Å². The van der Waals surface area contributed by atoms with E-state index in [0.29, 0.717) is 28.2 Å². The maximum atomic E-state index is 12.5. The number of nitrogens with two attached hydrogens (primary N) is 2. The van der Waals surface area contributed by atoms with Crippen LogP contribution in [0.4, 0.5) is 5.82 Å². The van der Waals surface area contributed by atoms with Gasteiger partial charge in [0.25, 0.3) is 5.91 Å². The highest BCUT2D eigenvalue weighted by molar-refractivity contribution is 6.11. The van der Waals surface area contributed by atoms with Crippen molar-refractivity contribution in [2.45, 2.75) is 26.7 Å². The Morgan fingerprint density at radius 2 is 1.91 bits per heavy atom. The highest BCUT2D eigenvalue weighted by Gasteiger charge is 2.51. The number of phenols is 1. The highest BCUT2D eigenvalue weighted by Crippen LogP contribution is 2.47. The second kappa shape index (κ2) is 7.44. The molecule has 5 N–H and O–H groups in total. The first-order valence-electron chi connectivity index (χ1n) is 10.3. The van der Waals surface area contributed by atoms with Crippen LogP contribution >= 0.6 is 0 Å². The van der Waals surface area contributed by atoms with E-state index in [2.05, 4.69) is 4.98 Å². The Morgan fingerprint density at radius 1 is 1.22 bits per heavy atom. The maximum Gasteiger partial charge on any atom is 0.253 e. The summed E-state index contributed by atoms with van der Waals surface area (Å²) in [5.41, 5.74) is 14.0. The van der Waals surface area contributed by atoms with Crippen LogP contribution in [0.5, 0.6) is 11.6 Å². The summed E-state index contributed by atoms with van der Waals surface area (Å²) in [5, 5.41) is 10.8. The number of aromatic nitrogens is 2. The Hall–Kier alpha value is -3.75. The number of aryl methyl sites for hydroxylation is 1. The molecule has 0 unspecified atom stereocenters. The first-order chi connectivity index (χ1) is 15.1. The fraction of sp³-hybridized carbons (Fsp3) is 0.348. The van der Waals surface area contributed by atoms with E-state index in [0.717, 1.165) is 18.4 Å². The van der Waals surface area contributed by atoms with Crippen molar-refractivity contribution in [1.29, 1.82) is 0 Å². The Labute approximate surface area is 185 Å². The predicted molar refractivity (Wildman–Crippen MR) is 121 cm³/mol. The number of carbonyl (C=O) groups excluding carboxylic acids is 2. The van der Waals surface area contributed by atoms with Crippen molar-refractivity contribution in [2.24, 2.45) is 11.1 Å². The van der Waals surface area contributed by atoms with Crippen molar-refractivity contribution in [3.05, 3.63) is 41.0 Å². The molecule has 0 radical (unpaired) electrons. The van der Waals surface area contributed by atoms with E-state index in [9.17, 15) is 14.7 Å². The predicted octanol–water partition coefficient (Wildman–Crippen LogP) is 2.28. The molecule has 0 saturated heterocycles. The molecule has 1 aliphatic carbocycles. The summed E-state index contributed by atoms with van der Waals surface area (Å²) < 4.78 is 7.53. The van der Waals surface area contributed by atoms with Gasteiger partial charge in [0.15, 0.2) is 5.65 Å². The quantitative estimate of drug-likeness (QED) is 0.541. The van der Waals surface area contributed by atoms with E-state index < -0.39 is 11.3 Å². The summed E-state index contributed by atoms with van der Waals surface area (Å²) in [6.45, 7) is 3.85. The lowest BCUT2D eigenvalue weighted by molar-refractivity contribution is -0.135. The molecule has 2 amide bonds. The zero-order valence-corrected chi connectivity index (χ0v) is 18.6. The molecule has 4 rings (SSSR count). The minimum atomic E-state index is -0.675. The maximum absolute atomic E-state index is 12.5. The third-order valence-corrected chi connectivity index (χ3v) is 6.11. The highest BCUT2D eigenvalue weighted by atomic mass is 16.5. The molecule has 1 fully saturated rings. The molecule has 9 heteroatoms. The molecule has 1 aliphatic rings. The number of carbonyl (C=O) groups is 2. The van der Waals surface area contributed by atoms with Crippen molar-refractivity contribution in [1.82, 2.24) is 14.5 Å². The van der Waals surface area contributed by atoms with Crippen LogP contribution in [0.25, 0.3) is 16.7 Å². The van der Waals surface area contributed by atoms with Crippen molar-refractivity contribution in [3.63, 3.8) is 0 Å². The molecule has 9 nitrogen and oxygen atoms in total. The normalized spacial score (nSPS) is 14.4. The van der Waals surface area contributed by atoms with Gasteiger partial charge in [0, 0.05) is 31.1 Å². The fourth-order valence-corrected chi connectivity index (χ4v) is 4.15. The topological polar surface area (TPSA) is 137 Å². The lowest BCUT2D eigenvalue weighted by Gasteiger charge is -2.20. The second-order valence-electron chi connectivity index (χ2n) is 8.62. The summed E-state index contributed by atoms with van der Waals surface area (Å²) >= 11 is 0. The lowest BCUT2D eigenvalue weighted by atomic mass is 10.1. The van der Waals surface area contributed by atoms with E-state index in [-0.39, 0.29) is 29.6 Å². The number of hydrogen-bond donors (Lipinski definition) is 3. The van der Waals surface area contributed by atoms with Crippen molar-refractivity contribution < 1.29 is 19.4 Å². The van der Waals surface area contributed by atoms with Crippen LogP contribution < -0.4 is 16.2 Å². The monoisotopic (exact) mass is 437 g/mol. The number of fused-ring (bicyclic) bond motifs is 1. The summed E-state index contributed by atoms with van der Waals surface area (Å²) in [7, 11) is 3.46.